The summed E-state index contributed by atoms with van der Waals surface area (Å²) in [5.74, 6) is 0.294. The second kappa shape index (κ2) is 4.90. The lowest BCUT2D eigenvalue weighted by Gasteiger charge is -2.05. The van der Waals surface area contributed by atoms with Crippen LogP contribution in [0.15, 0.2) is 30.5 Å². The molecule has 6 nitrogen and oxygen atoms in total. The first-order valence-corrected chi connectivity index (χ1v) is 6.33. The van der Waals surface area contributed by atoms with Gasteiger partial charge in [-0.05, 0) is 24.6 Å². The maximum Gasteiger partial charge on any atom is 0.338 e. The molecule has 0 atom stereocenters. The molecule has 3 rings (SSSR count). The van der Waals surface area contributed by atoms with Gasteiger partial charge in [-0.3, -0.25) is 0 Å². The smallest absolute Gasteiger partial charge is 0.338 e. The number of rotatable bonds is 3. The van der Waals surface area contributed by atoms with Gasteiger partial charge in [0.1, 0.15) is 11.6 Å². The van der Waals surface area contributed by atoms with Crippen molar-refractivity contribution in [1.82, 2.24) is 15.0 Å². The second-order valence-electron chi connectivity index (χ2n) is 4.63. The van der Waals surface area contributed by atoms with E-state index in [0.717, 1.165) is 16.9 Å². The maximum atomic E-state index is 11.2. The monoisotopic (exact) mass is 283 g/mol. The number of H-pyrrole nitrogens is 1. The van der Waals surface area contributed by atoms with Crippen LogP contribution >= 0.6 is 0 Å². The van der Waals surface area contributed by atoms with E-state index in [4.69, 9.17) is 4.74 Å². The Kier molecular flexibility index (Phi) is 3.06. The number of hydrogen-bond acceptors (Lipinski definition) is 4. The molecule has 0 fully saturated rings. The fourth-order valence-corrected chi connectivity index (χ4v) is 2.19. The van der Waals surface area contributed by atoms with Gasteiger partial charge in [-0.1, -0.05) is 12.1 Å². The van der Waals surface area contributed by atoms with E-state index in [0.29, 0.717) is 17.0 Å². The van der Waals surface area contributed by atoms with Gasteiger partial charge in [-0.25, -0.2) is 14.8 Å². The summed E-state index contributed by atoms with van der Waals surface area (Å²) in [4.78, 5) is 22.7. The van der Waals surface area contributed by atoms with Crippen LogP contribution in [0, 0.1) is 6.92 Å². The van der Waals surface area contributed by atoms with Crippen LogP contribution in [-0.2, 0) is 0 Å². The van der Waals surface area contributed by atoms with Crippen LogP contribution in [0.5, 0.6) is 5.75 Å². The fourth-order valence-electron chi connectivity index (χ4n) is 2.19. The fraction of sp³-hybridized carbons (Fsp3) is 0.133. The minimum atomic E-state index is -1.01. The van der Waals surface area contributed by atoms with Crippen LogP contribution in [0.2, 0.25) is 0 Å². The van der Waals surface area contributed by atoms with Crippen LogP contribution in [-0.4, -0.2) is 33.1 Å². The van der Waals surface area contributed by atoms with Crippen molar-refractivity contribution in [1.29, 1.82) is 0 Å². The largest absolute Gasteiger partial charge is 0.496 e. The number of nitrogens with one attached hydrogen (secondary N) is 1. The third kappa shape index (κ3) is 2.20. The Balaban J connectivity index is 2.17. The van der Waals surface area contributed by atoms with E-state index in [1.54, 1.807) is 7.11 Å². The predicted molar refractivity (Wildman–Crippen MR) is 77.6 cm³/mol. The summed E-state index contributed by atoms with van der Waals surface area (Å²) in [6.45, 7) is 1.95. The molecular weight excluding hydrogens is 270 g/mol. The van der Waals surface area contributed by atoms with Crippen molar-refractivity contribution >= 4 is 17.1 Å². The Hall–Kier alpha value is -2.89. The van der Waals surface area contributed by atoms with Gasteiger partial charge in [-0.2, -0.15) is 0 Å². The van der Waals surface area contributed by atoms with Crippen molar-refractivity contribution < 1.29 is 14.6 Å². The molecule has 2 heterocycles. The first-order chi connectivity index (χ1) is 10.1. The number of aromatic carboxylic acids is 1. The van der Waals surface area contributed by atoms with Crippen LogP contribution in [0.4, 0.5) is 0 Å². The highest BCUT2D eigenvalue weighted by Gasteiger charge is 2.14. The third-order valence-electron chi connectivity index (χ3n) is 3.30. The lowest BCUT2D eigenvalue weighted by molar-refractivity contribution is 0.0698. The zero-order valence-corrected chi connectivity index (χ0v) is 11.5. The Morgan fingerprint density at radius 1 is 1.33 bits per heavy atom. The molecule has 3 aromatic rings. The molecule has 0 aliphatic heterocycles. The molecule has 2 N–H and O–H groups in total. The van der Waals surface area contributed by atoms with E-state index < -0.39 is 5.97 Å². The number of imidazole rings is 1. The molecule has 0 radical (unpaired) electrons. The van der Waals surface area contributed by atoms with Crippen molar-refractivity contribution in [2.45, 2.75) is 6.92 Å². The number of benzene rings is 1. The summed E-state index contributed by atoms with van der Waals surface area (Å²) in [5.41, 5.74) is 2.77. The third-order valence-corrected chi connectivity index (χ3v) is 3.30. The first-order valence-electron chi connectivity index (χ1n) is 6.33. The van der Waals surface area contributed by atoms with Crippen molar-refractivity contribution in [3.8, 4) is 17.1 Å². The quantitative estimate of drug-likeness (QED) is 0.771. The molecule has 0 bridgehead atoms. The molecule has 106 valence electrons. The molecule has 1 aromatic carbocycles. The van der Waals surface area contributed by atoms with Crippen molar-refractivity contribution in [3.05, 3.63) is 41.6 Å². The van der Waals surface area contributed by atoms with Gasteiger partial charge in [0, 0.05) is 11.8 Å². The van der Waals surface area contributed by atoms with Gasteiger partial charge >= 0.3 is 5.97 Å². The standard InChI is InChI=1S/C15H13N3O3/c1-8-3-4-9(7-11(8)21-2)13-17-12-10(15(19)20)5-6-16-14(12)18-13/h3-7H,1-2H3,(H,19,20)(H,16,17,18). The van der Waals surface area contributed by atoms with Crippen LogP contribution in [0.3, 0.4) is 0 Å². The number of pyridine rings is 1. The summed E-state index contributed by atoms with van der Waals surface area (Å²) >= 11 is 0. The predicted octanol–water partition coefficient (Wildman–Crippen LogP) is 2.64. The number of methoxy groups -OCH3 is 1. The maximum absolute atomic E-state index is 11.2. The summed E-state index contributed by atoms with van der Waals surface area (Å²) in [7, 11) is 1.61. The van der Waals surface area contributed by atoms with Crippen molar-refractivity contribution in [3.63, 3.8) is 0 Å². The lowest BCUT2D eigenvalue weighted by Crippen LogP contribution is -1.97. The van der Waals surface area contributed by atoms with Gasteiger partial charge in [0.15, 0.2) is 5.65 Å². The summed E-state index contributed by atoms with van der Waals surface area (Å²) < 4.78 is 5.29. The molecule has 0 saturated heterocycles. The summed E-state index contributed by atoms with van der Waals surface area (Å²) in [6.07, 6.45) is 1.44. The van der Waals surface area contributed by atoms with Crippen LogP contribution < -0.4 is 4.74 Å². The highest BCUT2D eigenvalue weighted by Crippen LogP contribution is 2.27. The number of ether oxygens (including phenoxy) is 1. The highest BCUT2D eigenvalue weighted by molar-refractivity contribution is 6.00. The number of carbonyl (C=O) groups is 1. The average Bonchev–Trinajstić information content (AvgIpc) is 2.91. The molecule has 0 aliphatic carbocycles. The van der Waals surface area contributed by atoms with E-state index in [-0.39, 0.29) is 5.56 Å². The Morgan fingerprint density at radius 2 is 2.14 bits per heavy atom. The van der Waals surface area contributed by atoms with Crippen LogP contribution in [0.1, 0.15) is 15.9 Å². The van der Waals surface area contributed by atoms with E-state index in [2.05, 4.69) is 15.0 Å². The van der Waals surface area contributed by atoms with Gasteiger partial charge in [0.05, 0.1) is 18.2 Å². The van der Waals surface area contributed by atoms with E-state index in [9.17, 15) is 9.90 Å². The number of aromatic amines is 1. The minimum absolute atomic E-state index is 0.151. The molecule has 2 aromatic heterocycles. The van der Waals surface area contributed by atoms with E-state index >= 15 is 0 Å². The SMILES string of the molecule is COc1cc(-c2nc3nccc(C(=O)O)c3[nH]2)ccc1C. The van der Waals surface area contributed by atoms with Gasteiger partial charge in [-0.15, -0.1) is 0 Å². The van der Waals surface area contributed by atoms with E-state index in [1.165, 1.54) is 12.3 Å². The Morgan fingerprint density at radius 3 is 2.86 bits per heavy atom. The molecule has 21 heavy (non-hydrogen) atoms. The first kappa shape index (κ1) is 13.1. The van der Waals surface area contributed by atoms with Crippen molar-refractivity contribution in [2.24, 2.45) is 0 Å². The number of hydrogen-bond donors (Lipinski definition) is 2. The van der Waals surface area contributed by atoms with Crippen LogP contribution in [0.25, 0.3) is 22.6 Å². The average molecular weight is 283 g/mol. The summed E-state index contributed by atoms with van der Waals surface area (Å²) in [5, 5.41) is 9.19. The number of fused-ring (bicyclic) bond motifs is 1. The number of nitrogens with zero attached hydrogens (tertiary/aromatic N) is 2. The zero-order valence-electron chi connectivity index (χ0n) is 11.5. The minimum Gasteiger partial charge on any atom is -0.496 e. The zero-order chi connectivity index (χ0) is 15.0. The molecule has 0 saturated carbocycles. The Bertz CT molecular complexity index is 839. The van der Waals surface area contributed by atoms with Crippen molar-refractivity contribution in [2.75, 3.05) is 7.11 Å². The van der Waals surface area contributed by atoms with E-state index in [1.807, 2.05) is 25.1 Å². The molecular formula is C15H13N3O3. The number of carboxylic acids is 1. The number of carboxylic acid groups (broad SMARTS) is 1. The molecule has 6 heteroatoms. The Labute approximate surface area is 120 Å². The molecule has 0 spiro atoms. The van der Waals surface area contributed by atoms with Gasteiger partial charge < -0.3 is 14.8 Å². The number of aryl methyl sites for hydroxylation is 1. The summed E-state index contributed by atoms with van der Waals surface area (Å²) in [6, 6.07) is 7.12. The normalized spacial score (nSPS) is 10.8. The molecule has 0 amide bonds. The molecule has 0 aliphatic rings. The molecule has 0 unspecified atom stereocenters. The lowest BCUT2D eigenvalue weighted by atomic mass is 10.1. The second-order valence-corrected chi connectivity index (χ2v) is 4.63. The number of aromatic nitrogens is 3. The topological polar surface area (TPSA) is 88.1 Å². The van der Waals surface area contributed by atoms with Gasteiger partial charge in [0.25, 0.3) is 0 Å². The van der Waals surface area contributed by atoms with Gasteiger partial charge in [0.2, 0.25) is 0 Å². The highest BCUT2D eigenvalue weighted by atomic mass is 16.5.